The lowest BCUT2D eigenvalue weighted by molar-refractivity contribution is 0.106. The van der Waals surface area contributed by atoms with Gasteiger partial charge >= 0.3 is 10.2 Å². The molecule has 4 rings (SSSR count). The number of nitrogens with one attached hydrogen (secondary N) is 1. The molecule has 32 heavy (non-hydrogen) atoms. The summed E-state index contributed by atoms with van der Waals surface area (Å²) in [5.74, 6) is -0.776. The summed E-state index contributed by atoms with van der Waals surface area (Å²) in [5, 5.41) is 0. The molecule has 0 amide bonds. The molecule has 1 N–H and O–H groups in total. The van der Waals surface area contributed by atoms with Gasteiger partial charge in [0.15, 0.2) is 0 Å². The zero-order valence-corrected chi connectivity index (χ0v) is 19.3. The standard InChI is InChI=1S/C23H29F2N3O3S/c1-16(2)31-22-6-4-5-18(9-22)14-27-8-7-23(13-17(27)3)15-26-32(29,30)28(23)21-11-19(24)10-20(25)12-21/h4-6,9-12,16-17,26H,7-8,13-15H2,1-3H3/t17-,23+/m0/s1. The third kappa shape index (κ3) is 4.60. The van der Waals surface area contributed by atoms with E-state index in [-0.39, 0.29) is 24.4 Å². The molecule has 2 aromatic carbocycles. The monoisotopic (exact) mass is 465 g/mol. The Morgan fingerprint density at radius 1 is 1.19 bits per heavy atom. The maximum atomic E-state index is 13.9. The molecule has 0 unspecified atom stereocenters. The molecular weight excluding hydrogens is 436 g/mol. The number of nitrogens with zero attached hydrogens (tertiary/aromatic N) is 2. The van der Waals surface area contributed by atoms with E-state index in [0.717, 1.165) is 29.5 Å². The van der Waals surface area contributed by atoms with Crippen LogP contribution in [0, 0.1) is 11.6 Å². The van der Waals surface area contributed by atoms with Gasteiger partial charge in [-0.1, -0.05) is 12.1 Å². The average Bonchev–Trinajstić information content (AvgIpc) is 2.93. The first-order valence-electron chi connectivity index (χ1n) is 10.8. The van der Waals surface area contributed by atoms with E-state index in [1.54, 1.807) is 0 Å². The van der Waals surface area contributed by atoms with Crippen molar-refractivity contribution < 1.29 is 21.9 Å². The fraction of sp³-hybridized carbons (Fsp3) is 0.478. The molecule has 2 aromatic rings. The summed E-state index contributed by atoms with van der Waals surface area (Å²) < 4.78 is 62.9. The number of hydrogen-bond acceptors (Lipinski definition) is 4. The summed E-state index contributed by atoms with van der Waals surface area (Å²) >= 11 is 0. The molecule has 2 aliphatic rings. The third-order valence-corrected chi connectivity index (χ3v) is 7.74. The van der Waals surface area contributed by atoms with E-state index < -0.39 is 27.4 Å². The molecule has 9 heteroatoms. The van der Waals surface area contributed by atoms with Gasteiger partial charge < -0.3 is 4.74 Å². The van der Waals surface area contributed by atoms with Gasteiger partial charge in [0.25, 0.3) is 0 Å². The summed E-state index contributed by atoms with van der Waals surface area (Å²) in [7, 11) is -3.88. The number of rotatable bonds is 5. The van der Waals surface area contributed by atoms with Gasteiger partial charge in [-0.3, -0.25) is 9.21 Å². The van der Waals surface area contributed by atoms with E-state index in [0.29, 0.717) is 25.9 Å². The molecule has 0 aromatic heterocycles. The fourth-order valence-corrected chi connectivity index (χ4v) is 6.55. The van der Waals surface area contributed by atoms with Crippen LogP contribution in [0.1, 0.15) is 39.2 Å². The lowest BCUT2D eigenvalue weighted by atomic mass is 9.83. The SMILES string of the molecule is CC(C)Oc1cccc(CN2CC[C@]3(CNS(=O)(=O)N3c3cc(F)cc(F)c3)C[C@@H]2C)c1. The maximum Gasteiger partial charge on any atom is 0.302 e. The normalized spacial score (nSPS) is 25.6. The largest absolute Gasteiger partial charge is 0.491 e. The topological polar surface area (TPSA) is 61.9 Å². The van der Waals surface area contributed by atoms with Gasteiger partial charge in [-0.15, -0.1) is 0 Å². The van der Waals surface area contributed by atoms with E-state index in [2.05, 4.69) is 16.5 Å². The van der Waals surface area contributed by atoms with Crippen LogP contribution >= 0.6 is 0 Å². The van der Waals surface area contributed by atoms with Crippen molar-refractivity contribution in [3.63, 3.8) is 0 Å². The maximum absolute atomic E-state index is 13.9. The van der Waals surface area contributed by atoms with Crippen molar-refractivity contribution >= 4 is 15.9 Å². The number of ether oxygens (including phenoxy) is 1. The highest BCUT2D eigenvalue weighted by Crippen LogP contribution is 2.41. The number of anilines is 1. The lowest BCUT2D eigenvalue weighted by Gasteiger charge is -2.47. The number of hydrogen-bond donors (Lipinski definition) is 1. The van der Waals surface area contributed by atoms with Crippen LogP contribution in [0.15, 0.2) is 42.5 Å². The molecule has 2 atom stereocenters. The lowest BCUT2D eigenvalue weighted by Crippen LogP contribution is -2.57. The van der Waals surface area contributed by atoms with E-state index in [1.165, 1.54) is 4.31 Å². The van der Waals surface area contributed by atoms with Crippen LogP contribution in [0.25, 0.3) is 0 Å². The third-order valence-electron chi connectivity index (χ3n) is 6.16. The van der Waals surface area contributed by atoms with Crippen LogP contribution < -0.4 is 13.8 Å². The first-order chi connectivity index (χ1) is 15.1. The predicted molar refractivity (Wildman–Crippen MR) is 120 cm³/mol. The second kappa shape index (κ2) is 8.61. The molecular formula is C23H29F2N3O3S. The Bertz CT molecular complexity index is 1080. The van der Waals surface area contributed by atoms with Gasteiger partial charge in [-0.25, -0.2) is 8.78 Å². The highest BCUT2D eigenvalue weighted by Gasteiger charge is 2.52. The first-order valence-corrected chi connectivity index (χ1v) is 12.3. The summed E-state index contributed by atoms with van der Waals surface area (Å²) in [6.07, 6.45) is 1.18. The Kier molecular flexibility index (Phi) is 6.17. The molecule has 2 aliphatic heterocycles. The highest BCUT2D eigenvalue weighted by molar-refractivity contribution is 7.91. The average molecular weight is 466 g/mol. The molecule has 0 aliphatic carbocycles. The molecule has 1 spiro atoms. The minimum atomic E-state index is -3.88. The van der Waals surface area contributed by atoms with Gasteiger partial charge in [0.1, 0.15) is 17.4 Å². The van der Waals surface area contributed by atoms with Crippen LogP contribution in [0.5, 0.6) is 5.75 Å². The van der Waals surface area contributed by atoms with Gasteiger partial charge in [0.05, 0.1) is 17.3 Å². The van der Waals surface area contributed by atoms with Crippen LogP contribution in [0.3, 0.4) is 0 Å². The summed E-state index contributed by atoms with van der Waals surface area (Å²) in [6, 6.07) is 10.9. The van der Waals surface area contributed by atoms with Crippen molar-refractivity contribution in [1.29, 1.82) is 0 Å². The smallest absolute Gasteiger partial charge is 0.302 e. The van der Waals surface area contributed by atoms with Gasteiger partial charge in [-0.05, 0) is 63.4 Å². The Morgan fingerprint density at radius 3 is 2.56 bits per heavy atom. The number of piperidine rings is 1. The number of benzene rings is 2. The quantitative estimate of drug-likeness (QED) is 0.729. The second-order valence-corrected chi connectivity index (χ2v) is 10.6. The Hall–Kier alpha value is -2.23. The Labute approximate surface area is 188 Å². The van der Waals surface area contributed by atoms with Gasteiger partial charge in [-0.2, -0.15) is 13.1 Å². The van der Waals surface area contributed by atoms with E-state index in [1.807, 2.05) is 38.1 Å². The van der Waals surface area contributed by atoms with Crippen molar-refractivity contribution in [2.45, 2.75) is 57.8 Å². The van der Waals surface area contributed by atoms with Crippen molar-refractivity contribution in [2.75, 3.05) is 17.4 Å². The van der Waals surface area contributed by atoms with Crippen LogP contribution in [0.4, 0.5) is 14.5 Å². The van der Waals surface area contributed by atoms with Crippen molar-refractivity contribution in [3.8, 4) is 5.75 Å². The van der Waals surface area contributed by atoms with E-state index >= 15 is 0 Å². The zero-order chi connectivity index (χ0) is 23.1. The number of likely N-dealkylation sites (tertiary alicyclic amines) is 1. The van der Waals surface area contributed by atoms with Crippen molar-refractivity contribution in [2.24, 2.45) is 0 Å². The molecule has 174 valence electrons. The fourth-order valence-electron chi connectivity index (χ4n) is 4.84. The highest BCUT2D eigenvalue weighted by atomic mass is 32.2. The summed E-state index contributed by atoms with van der Waals surface area (Å²) in [5.41, 5.74) is 0.372. The minimum absolute atomic E-state index is 0.0201. The Balaban J connectivity index is 1.55. The molecule has 0 saturated carbocycles. The second-order valence-electron chi connectivity index (χ2n) is 9.03. The minimum Gasteiger partial charge on any atom is -0.491 e. The van der Waals surface area contributed by atoms with Crippen LogP contribution in [-0.2, 0) is 16.8 Å². The first kappa shape index (κ1) is 22.9. The molecule has 0 bridgehead atoms. The van der Waals surface area contributed by atoms with Crippen molar-refractivity contribution in [3.05, 3.63) is 59.7 Å². The molecule has 0 radical (unpaired) electrons. The summed E-state index contributed by atoms with van der Waals surface area (Å²) in [6.45, 7) is 7.61. The zero-order valence-electron chi connectivity index (χ0n) is 18.5. The van der Waals surface area contributed by atoms with E-state index in [9.17, 15) is 17.2 Å². The molecule has 2 saturated heterocycles. The summed E-state index contributed by atoms with van der Waals surface area (Å²) in [4.78, 5) is 2.30. The molecule has 6 nitrogen and oxygen atoms in total. The van der Waals surface area contributed by atoms with Gasteiger partial charge in [0.2, 0.25) is 0 Å². The Morgan fingerprint density at radius 2 is 1.91 bits per heavy atom. The van der Waals surface area contributed by atoms with Crippen LogP contribution in [-0.4, -0.2) is 44.1 Å². The molecule has 2 fully saturated rings. The van der Waals surface area contributed by atoms with Crippen molar-refractivity contribution in [1.82, 2.24) is 9.62 Å². The number of halogens is 2. The molecule has 2 heterocycles. The van der Waals surface area contributed by atoms with E-state index in [4.69, 9.17) is 4.74 Å². The van der Waals surface area contributed by atoms with Gasteiger partial charge in [0, 0.05) is 31.7 Å². The predicted octanol–water partition coefficient (Wildman–Crippen LogP) is 3.83. The van der Waals surface area contributed by atoms with Crippen LogP contribution in [0.2, 0.25) is 0 Å².